The number of halogens is 3. The van der Waals surface area contributed by atoms with Crippen molar-refractivity contribution in [1.29, 1.82) is 0 Å². The number of allylic oxidation sites excluding steroid dienone is 5. The maximum absolute atomic E-state index is 13.8. The van der Waals surface area contributed by atoms with E-state index in [2.05, 4.69) is 15.5 Å². The number of benzene rings is 4. The van der Waals surface area contributed by atoms with E-state index in [9.17, 15) is 39.1 Å². The second kappa shape index (κ2) is 17.3. The summed E-state index contributed by atoms with van der Waals surface area (Å²) in [6.45, 7) is 0.393. The Morgan fingerprint density at radius 3 is 2.16 bits per heavy atom. The van der Waals surface area contributed by atoms with Gasteiger partial charge in [-0.25, -0.2) is 8.42 Å². The molecule has 0 radical (unpaired) electrons. The molecule has 58 heavy (non-hydrogen) atoms. The van der Waals surface area contributed by atoms with Crippen molar-refractivity contribution < 1.29 is 43.7 Å². The van der Waals surface area contributed by atoms with E-state index in [1.54, 1.807) is 16.2 Å². The number of aromatic nitrogens is 1. The van der Waals surface area contributed by atoms with Crippen molar-refractivity contribution in [2.24, 2.45) is 0 Å². The predicted octanol–water partition coefficient (Wildman–Crippen LogP) is 9.70. The first kappa shape index (κ1) is 41.4. The van der Waals surface area contributed by atoms with Gasteiger partial charge in [0.15, 0.2) is 6.54 Å². The number of para-hydroxylation sites is 3. The highest BCUT2D eigenvalue weighted by Crippen LogP contribution is 2.49. The molecule has 7 rings (SSSR count). The smallest absolute Gasteiger partial charge is 0.416 e. The molecule has 1 N–H and O–H groups in total. The number of hydrogen-bond acceptors (Lipinski definition) is 9. The number of aryl methyl sites for hydroxylation is 1. The SMILES string of the molecule is O=S(=O)([O-])CCCN1/C(=C/C=C2\CCC(/C=C/c3sc4ccccc4[n+]3CCCS(=O)(=O)O)=C2N(c2ccccc2)c2ccccc2)Sc2ccc(C(F)(F)F)cc21. The Hall–Kier alpha value is -4.71. The van der Waals surface area contributed by atoms with Gasteiger partial charge in [-0.3, -0.25) is 4.55 Å². The second-order valence-corrected chi connectivity index (χ2v) is 18.9. The minimum atomic E-state index is -4.58. The molecule has 0 fully saturated rings. The molecule has 1 aromatic heterocycles. The minimum Gasteiger partial charge on any atom is -0.748 e. The van der Waals surface area contributed by atoms with Gasteiger partial charge < -0.3 is 14.4 Å². The lowest BCUT2D eigenvalue weighted by atomic mass is 10.1. The van der Waals surface area contributed by atoms with E-state index >= 15 is 0 Å². The van der Waals surface area contributed by atoms with Gasteiger partial charge in [0.05, 0.1) is 37.8 Å². The molecular formula is C42H38F3N3O6S4. The van der Waals surface area contributed by atoms with E-state index in [1.165, 1.54) is 17.8 Å². The van der Waals surface area contributed by atoms with Crippen LogP contribution in [0.25, 0.3) is 16.3 Å². The lowest BCUT2D eigenvalue weighted by Gasteiger charge is -2.28. The molecule has 302 valence electrons. The first-order valence-corrected chi connectivity index (χ1v) is 23.2. The van der Waals surface area contributed by atoms with Crippen molar-refractivity contribution in [1.82, 2.24) is 0 Å². The van der Waals surface area contributed by atoms with Gasteiger partial charge in [0.1, 0.15) is 4.70 Å². The molecule has 2 heterocycles. The van der Waals surface area contributed by atoms with Gasteiger partial charge in [0.25, 0.3) is 15.1 Å². The Morgan fingerprint density at radius 2 is 1.50 bits per heavy atom. The van der Waals surface area contributed by atoms with Crippen LogP contribution in [-0.2, 0) is 33.0 Å². The molecule has 1 aliphatic carbocycles. The van der Waals surface area contributed by atoms with Gasteiger partial charge in [0.2, 0.25) is 5.52 Å². The topological polar surface area (TPSA) is 122 Å². The Bertz CT molecular complexity index is 2620. The average molecular weight is 866 g/mol. The van der Waals surface area contributed by atoms with Gasteiger partial charge in [-0.2, -0.15) is 26.2 Å². The monoisotopic (exact) mass is 865 g/mol. The van der Waals surface area contributed by atoms with Crippen molar-refractivity contribution in [3.63, 3.8) is 0 Å². The number of rotatable bonds is 14. The lowest BCUT2D eigenvalue weighted by molar-refractivity contribution is -0.668. The second-order valence-electron chi connectivity index (χ2n) is 13.7. The van der Waals surface area contributed by atoms with Crippen LogP contribution < -0.4 is 14.4 Å². The Balaban J connectivity index is 1.33. The maximum atomic E-state index is 13.8. The van der Waals surface area contributed by atoms with Gasteiger partial charge in [-0.15, -0.1) is 0 Å². The molecule has 0 atom stereocenters. The van der Waals surface area contributed by atoms with Crippen molar-refractivity contribution in [2.45, 2.75) is 43.3 Å². The zero-order valence-corrected chi connectivity index (χ0v) is 34.1. The predicted molar refractivity (Wildman–Crippen MR) is 223 cm³/mol. The van der Waals surface area contributed by atoms with Crippen molar-refractivity contribution >= 4 is 76.7 Å². The summed E-state index contributed by atoms with van der Waals surface area (Å²) in [4.78, 5) is 4.40. The fraction of sp³-hybridized carbons (Fsp3) is 0.214. The van der Waals surface area contributed by atoms with Crippen LogP contribution in [0.4, 0.5) is 30.2 Å². The summed E-state index contributed by atoms with van der Waals surface area (Å²) in [5.74, 6) is -1.01. The van der Waals surface area contributed by atoms with Gasteiger partial charge >= 0.3 is 6.18 Å². The van der Waals surface area contributed by atoms with E-state index in [4.69, 9.17) is 0 Å². The van der Waals surface area contributed by atoms with Gasteiger partial charge in [0, 0.05) is 47.1 Å². The van der Waals surface area contributed by atoms with Crippen LogP contribution in [-0.4, -0.2) is 44.0 Å². The number of thioether (sulfide) groups is 1. The molecule has 4 aromatic carbocycles. The fourth-order valence-electron chi connectivity index (χ4n) is 7.07. The molecule has 0 bridgehead atoms. The number of thiazole rings is 1. The van der Waals surface area contributed by atoms with Crippen LogP contribution in [0.1, 0.15) is 36.3 Å². The summed E-state index contributed by atoms with van der Waals surface area (Å²) in [5, 5.41) is 1.48. The number of anilines is 3. The average Bonchev–Trinajstić information content (AvgIpc) is 3.85. The molecule has 0 spiro atoms. The summed E-state index contributed by atoms with van der Waals surface area (Å²) < 4.78 is 111. The minimum absolute atomic E-state index is 0.0219. The highest BCUT2D eigenvalue weighted by Gasteiger charge is 2.34. The molecule has 0 unspecified atom stereocenters. The largest absolute Gasteiger partial charge is 0.748 e. The zero-order valence-electron chi connectivity index (χ0n) is 30.9. The normalized spacial score (nSPS) is 16.4. The van der Waals surface area contributed by atoms with Crippen LogP contribution in [0, 0.1) is 0 Å². The van der Waals surface area contributed by atoms with E-state index < -0.39 is 37.7 Å². The third-order valence-electron chi connectivity index (χ3n) is 9.63. The Kier molecular flexibility index (Phi) is 12.3. The quantitative estimate of drug-likeness (QED) is 0.0859. The molecule has 0 amide bonds. The summed E-state index contributed by atoms with van der Waals surface area (Å²) in [6, 6.07) is 31.1. The zero-order chi connectivity index (χ0) is 41.1. The fourth-order valence-corrected chi connectivity index (χ4v) is 10.2. The molecule has 9 nitrogen and oxygen atoms in total. The van der Waals surface area contributed by atoms with E-state index in [1.807, 2.05) is 103 Å². The number of nitrogens with zero attached hydrogens (tertiary/aromatic N) is 3. The third-order valence-corrected chi connectivity index (χ3v) is 13.5. The molecule has 0 saturated heterocycles. The van der Waals surface area contributed by atoms with E-state index in [0.717, 1.165) is 55.6 Å². The summed E-state index contributed by atoms with van der Waals surface area (Å²) in [5.41, 5.74) is 5.08. The van der Waals surface area contributed by atoms with Crippen LogP contribution in [0.3, 0.4) is 0 Å². The van der Waals surface area contributed by atoms with Crippen LogP contribution in [0.15, 0.2) is 148 Å². The number of alkyl halides is 3. The highest BCUT2D eigenvalue weighted by atomic mass is 32.2. The van der Waals surface area contributed by atoms with Gasteiger partial charge in [-0.1, -0.05) is 77.7 Å². The highest BCUT2D eigenvalue weighted by molar-refractivity contribution is 8.03. The van der Waals surface area contributed by atoms with Crippen LogP contribution in [0.5, 0.6) is 0 Å². The van der Waals surface area contributed by atoms with E-state index in [-0.39, 0.29) is 25.1 Å². The first-order valence-electron chi connectivity index (χ1n) is 18.3. The Labute approximate surface area is 343 Å². The number of hydrogen-bond donors (Lipinski definition) is 1. The molecule has 2 aliphatic rings. The molecule has 0 saturated carbocycles. The first-order chi connectivity index (χ1) is 27.6. The summed E-state index contributed by atoms with van der Waals surface area (Å²) >= 11 is 2.84. The lowest BCUT2D eigenvalue weighted by Crippen LogP contribution is -2.35. The maximum Gasteiger partial charge on any atom is 0.416 e. The van der Waals surface area contributed by atoms with Crippen LogP contribution in [0.2, 0.25) is 0 Å². The third kappa shape index (κ3) is 9.93. The summed E-state index contributed by atoms with van der Waals surface area (Å²) in [7, 11) is -8.67. The standard InChI is InChI=1S/C42H38F3N3O6S4/c43-42(44,45)32-21-22-38-36(29-32)47(26-10-28-58(52,53)54)40(56-38)24-20-31-18-17-30(41(31)48(33-11-3-1-4-12-33)34-13-5-2-6-14-34)19-23-39-46(25-9-27-57(49,50)51)35-15-7-8-16-37(35)55-39/h1-8,11-16,19-24,29H,9-10,17-18,25-28H2,(H-,49,50,51,52,53,54). The van der Waals surface area contributed by atoms with E-state index in [0.29, 0.717) is 35.0 Å². The number of fused-ring (bicyclic) bond motifs is 2. The van der Waals surface area contributed by atoms with Gasteiger partial charge in [-0.05, 0) is 91.1 Å². The van der Waals surface area contributed by atoms with Crippen molar-refractivity contribution in [3.05, 3.63) is 154 Å². The van der Waals surface area contributed by atoms with Crippen molar-refractivity contribution in [2.75, 3.05) is 27.9 Å². The molecule has 5 aromatic rings. The molecular weight excluding hydrogens is 828 g/mol. The van der Waals surface area contributed by atoms with Crippen LogP contribution >= 0.6 is 23.1 Å². The van der Waals surface area contributed by atoms with Crippen molar-refractivity contribution in [3.8, 4) is 0 Å². The Morgan fingerprint density at radius 1 is 0.828 bits per heavy atom. The summed E-state index contributed by atoms with van der Waals surface area (Å²) in [6.07, 6.45) is 4.74. The molecule has 1 aliphatic heterocycles. The molecule has 16 heteroatoms.